The smallest absolute Gasteiger partial charge is 0.328 e. The number of carbonyl (C=O) groups is 1. The van der Waals surface area contributed by atoms with Gasteiger partial charge < -0.3 is 10.4 Å². The maximum Gasteiger partial charge on any atom is 0.328 e. The first-order valence-electron chi connectivity index (χ1n) is 4.70. The van der Waals surface area contributed by atoms with Gasteiger partial charge in [0.25, 0.3) is 0 Å². The minimum atomic E-state index is -1.43. The molecular formula is C10H11FN2O4. The summed E-state index contributed by atoms with van der Waals surface area (Å²) in [6.45, 7) is 2.65. The van der Waals surface area contributed by atoms with E-state index in [2.05, 4.69) is 5.32 Å². The molecule has 0 fully saturated rings. The first kappa shape index (κ1) is 12.9. The Bertz CT molecular complexity index is 473. The second-order valence-electron chi connectivity index (χ2n) is 3.95. The number of nitrogens with zero attached hydrogens (tertiary/aromatic N) is 1. The van der Waals surface area contributed by atoms with Crippen LogP contribution in [-0.4, -0.2) is 21.5 Å². The van der Waals surface area contributed by atoms with Gasteiger partial charge in [0.05, 0.1) is 4.92 Å². The molecule has 0 aliphatic rings. The molecule has 0 atom stereocenters. The van der Waals surface area contributed by atoms with Crippen molar-refractivity contribution in [1.82, 2.24) is 0 Å². The third-order valence-corrected chi connectivity index (χ3v) is 2.15. The van der Waals surface area contributed by atoms with Crippen molar-refractivity contribution in [1.29, 1.82) is 0 Å². The van der Waals surface area contributed by atoms with Gasteiger partial charge in [-0.05, 0) is 26.0 Å². The quantitative estimate of drug-likeness (QED) is 0.622. The van der Waals surface area contributed by atoms with Crippen LogP contribution in [0.1, 0.15) is 13.8 Å². The van der Waals surface area contributed by atoms with Gasteiger partial charge in [0.1, 0.15) is 11.2 Å². The number of anilines is 1. The van der Waals surface area contributed by atoms with E-state index in [0.29, 0.717) is 0 Å². The summed E-state index contributed by atoms with van der Waals surface area (Å²) < 4.78 is 13.2. The molecule has 0 radical (unpaired) electrons. The highest BCUT2D eigenvalue weighted by molar-refractivity contribution is 5.83. The molecule has 0 amide bonds. The maximum atomic E-state index is 13.2. The Morgan fingerprint density at radius 1 is 1.53 bits per heavy atom. The SMILES string of the molecule is CC(C)(Nc1cccc(F)c1[N+](=O)[O-])C(=O)O. The van der Waals surface area contributed by atoms with Crippen LogP contribution in [0.25, 0.3) is 0 Å². The first-order chi connectivity index (χ1) is 7.75. The van der Waals surface area contributed by atoms with Crippen molar-refractivity contribution in [2.75, 3.05) is 5.32 Å². The van der Waals surface area contributed by atoms with Gasteiger partial charge in [-0.2, -0.15) is 4.39 Å². The Morgan fingerprint density at radius 3 is 2.59 bits per heavy atom. The third-order valence-electron chi connectivity index (χ3n) is 2.15. The largest absolute Gasteiger partial charge is 0.480 e. The number of carboxylic acid groups (broad SMARTS) is 1. The predicted molar refractivity (Wildman–Crippen MR) is 58.4 cm³/mol. The van der Waals surface area contributed by atoms with Crippen LogP contribution in [-0.2, 0) is 4.79 Å². The Labute approximate surface area is 96.2 Å². The van der Waals surface area contributed by atoms with Crippen molar-refractivity contribution in [2.24, 2.45) is 0 Å². The molecule has 0 aliphatic carbocycles. The molecule has 0 unspecified atom stereocenters. The number of nitro benzene ring substituents is 1. The Balaban J connectivity index is 3.20. The van der Waals surface area contributed by atoms with Gasteiger partial charge in [-0.15, -0.1) is 0 Å². The summed E-state index contributed by atoms with van der Waals surface area (Å²) in [6.07, 6.45) is 0. The lowest BCUT2D eigenvalue weighted by atomic mass is 10.1. The summed E-state index contributed by atoms with van der Waals surface area (Å²) in [6, 6.07) is 3.46. The zero-order valence-electron chi connectivity index (χ0n) is 9.23. The summed E-state index contributed by atoms with van der Waals surface area (Å²) in [7, 11) is 0. The highest BCUT2D eigenvalue weighted by atomic mass is 19.1. The summed E-state index contributed by atoms with van der Waals surface area (Å²) in [5.41, 5.74) is -2.36. The molecule has 1 rings (SSSR count). The molecule has 17 heavy (non-hydrogen) atoms. The van der Waals surface area contributed by atoms with Crippen LogP contribution >= 0.6 is 0 Å². The van der Waals surface area contributed by atoms with Gasteiger partial charge >= 0.3 is 11.7 Å². The molecule has 6 nitrogen and oxygen atoms in total. The van der Waals surface area contributed by atoms with Crippen molar-refractivity contribution in [3.63, 3.8) is 0 Å². The van der Waals surface area contributed by atoms with Crippen LogP contribution in [0.3, 0.4) is 0 Å². The lowest BCUT2D eigenvalue weighted by Crippen LogP contribution is -2.40. The molecule has 0 saturated heterocycles. The van der Waals surface area contributed by atoms with Crippen LogP contribution in [0, 0.1) is 15.9 Å². The van der Waals surface area contributed by atoms with Gasteiger partial charge in [-0.3, -0.25) is 10.1 Å². The van der Waals surface area contributed by atoms with E-state index in [1.54, 1.807) is 0 Å². The van der Waals surface area contributed by atoms with E-state index in [4.69, 9.17) is 5.11 Å². The lowest BCUT2D eigenvalue weighted by molar-refractivity contribution is -0.386. The number of hydrogen-bond donors (Lipinski definition) is 2. The average Bonchev–Trinajstić information content (AvgIpc) is 2.15. The molecule has 0 heterocycles. The number of rotatable bonds is 4. The second-order valence-corrected chi connectivity index (χ2v) is 3.95. The van der Waals surface area contributed by atoms with Crippen molar-refractivity contribution in [2.45, 2.75) is 19.4 Å². The second kappa shape index (κ2) is 4.36. The summed E-state index contributed by atoms with van der Waals surface area (Å²) in [4.78, 5) is 20.6. The summed E-state index contributed by atoms with van der Waals surface area (Å²) in [5, 5.41) is 22.0. The van der Waals surface area contributed by atoms with E-state index < -0.39 is 27.9 Å². The van der Waals surface area contributed by atoms with Gasteiger partial charge in [0.2, 0.25) is 5.82 Å². The highest BCUT2D eigenvalue weighted by Crippen LogP contribution is 2.29. The molecule has 0 spiro atoms. The zero-order chi connectivity index (χ0) is 13.2. The van der Waals surface area contributed by atoms with Crippen LogP contribution < -0.4 is 5.32 Å². The topological polar surface area (TPSA) is 92.5 Å². The van der Waals surface area contributed by atoms with Crippen molar-refractivity contribution < 1.29 is 19.2 Å². The molecule has 1 aromatic carbocycles. The minimum absolute atomic E-state index is 0.164. The van der Waals surface area contributed by atoms with Gasteiger partial charge in [0, 0.05) is 0 Å². The van der Waals surface area contributed by atoms with E-state index in [1.165, 1.54) is 26.0 Å². The molecule has 1 aromatic rings. The van der Waals surface area contributed by atoms with Gasteiger partial charge in [-0.25, -0.2) is 4.79 Å². The third kappa shape index (κ3) is 2.68. The number of halogens is 1. The first-order valence-corrected chi connectivity index (χ1v) is 4.70. The number of carboxylic acids is 1. The Kier molecular flexibility index (Phi) is 3.31. The molecule has 0 saturated carbocycles. The molecule has 92 valence electrons. The standard InChI is InChI=1S/C10H11FN2O4/c1-10(2,9(14)15)12-7-5-3-4-6(11)8(7)13(16)17/h3-5,12H,1-2H3,(H,14,15). The highest BCUT2D eigenvalue weighted by Gasteiger charge is 2.30. The predicted octanol–water partition coefficient (Wildman–Crippen LogP) is 2.01. The van der Waals surface area contributed by atoms with Crippen LogP contribution in [0.15, 0.2) is 18.2 Å². The normalized spacial score (nSPS) is 11.0. The fourth-order valence-electron chi connectivity index (χ4n) is 1.19. The van der Waals surface area contributed by atoms with Gasteiger partial charge in [-0.1, -0.05) is 6.07 Å². The molecule has 7 heteroatoms. The van der Waals surface area contributed by atoms with E-state index in [0.717, 1.165) is 6.07 Å². The van der Waals surface area contributed by atoms with Gasteiger partial charge in [0.15, 0.2) is 0 Å². The van der Waals surface area contributed by atoms with E-state index in [-0.39, 0.29) is 5.69 Å². The summed E-state index contributed by atoms with van der Waals surface area (Å²) >= 11 is 0. The monoisotopic (exact) mass is 242 g/mol. The fourth-order valence-corrected chi connectivity index (χ4v) is 1.19. The van der Waals surface area contributed by atoms with Crippen LogP contribution in [0.5, 0.6) is 0 Å². The molecular weight excluding hydrogens is 231 g/mol. The molecule has 2 N–H and O–H groups in total. The van der Waals surface area contributed by atoms with Crippen LogP contribution in [0.4, 0.5) is 15.8 Å². The van der Waals surface area contributed by atoms with Crippen LogP contribution in [0.2, 0.25) is 0 Å². The van der Waals surface area contributed by atoms with E-state index >= 15 is 0 Å². The Hall–Kier alpha value is -2.18. The number of nitro groups is 1. The maximum absolute atomic E-state index is 13.2. The van der Waals surface area contributed by atoms with E-state index in [1.807, 2.05) is 0 Å². The Morgan fingerprint density at radius 2 is 2.12 bits per heavy atom. The fraction of sp³-hybridized carbons (Fsp3) is 0.300. The number of aliphatic carboxylic acids is 1. The molecule has 0 aliphatic heterocycles. The zero-order valence-corrected chi connectivity index (χ0v) is 9.23. The number of benzene rings is 1. The van der Waals surface area contributed by atoms with Crippen molar-refractivity contribution >= 4 is 17.3 Å². The number of hydrogen-bond acceptors (Lipinski definition) is 4. The molecule has 0 bridgehead atoms. The summed E-state index contributed by atoms with van der Waals surface area (Å²) in [5.74, 6) is -2.21. The minimum Gasteiger partial charge on any atom is -0.480 e. The van der Waals surface area contributed by atoms with Crippen molar-refractivity contribution in [3.05, 3.63) is 34.1 Å². The number of nitrogens with one attached hydrogen (secondary N) is 1. The average molecular weight is 242 g/mol. The lowest BCUT2D eigenvalue weighted by Gasteiger charge is -2.22. The number of para-hydroxylation sites is 1. The molecule has 0 aromatic heterocycles. The van der Waals surface area contributed by atoms with E-state index in [9.17, 15) is 19.3 Å². The van der Waals surface area contributed by atoms with Crippen molar-refractivity contribution in [3.8, 4) is 0 Å².